The lowest BCUT2D eigenvalue weighted by Gasteiger charge is -2.33. The number of anilines is 1. The van der Waals surface area contributed by atoms with Crippen LogP contribution in [0.5, 0.6) is 0 Å². The molecule has 2 aromatic rings. The number of halogens is 1. The van der Waals surface area contributed by atoms with Crippen LogP contribution in [0.3, 0.4) is 0 Å². The number of carbonyl (C=O) groups is 2. The van der Waals surface area contributed by atoms with E-state index >= 15 is 0 Å². The third-order valence-corrected chi connectivity index (χ3v) is 7.74. The second-order valence-corrected chi connectivity index (χ2v) is 9.86. The zero-order valence-corrected chi connectivity index (χ0v) is 19.8. The molecule has 174 valence electrons. The maximum absolute atomic E-state index is 13.1. The van der Waals surface area contributed by atoms with Gasteiger partial charge >= 0.3 is 0 Å². The fourth-order valence-electron chi connectivity index (χ4n) is 5.72. The van der Waals surface area contributed by atoms with Crippen LogP contribution >= 0.6 is 11.6 Å². The van der Waals surface area contributed by atoms with Crippen LogP contribution in [0.2, 0.25) is 5.02 Å². The number of fused-ring (bicyclic) bond motifs is 2. The second-order valence-electron chi connectivity index (χ2n) is 9.43. The first-order chi connectivity index (χ1) is 16.0. The van der Waals surface area contributed by atoms with Crippen molar-refractivity contribution in [3.8, 4) is 0 Å². The third-order valence-electron chi connectivity index (χ3n) is 7.50. The van der Waals surface area contributed by atoms with Gasteiger partial charge in [-0.2, -0.15) is 0 Å². The average Bonchev–Trinajstić information content (AvgIpc) is 3.40. The topological polar surface area (TPSA) is 55.9 Å². The molecule has 0 saturated carbocycles. The predicted octanol–water partition coefficient (Wildman–Crippen LogP) is 3.08. The molecule has 0 aliphatic carbocycles. The Kier molecular flexibility index (Phi) is 6.41. The lowest BCUT2D eigenvalue weighted by molar-refractivity contribution is -0.126. The van der Waals surface area contributed by atoms with Crippen molar-refractivity contribution in [3.63, 3.8) is 0 Å². The Balaban J connectivity index is 1.23. The molecule has 5 rings (SSSR count). The van der Waals surface area contributed by atoms with Gasteiger partial charge in [-0.25, -0.2) is 0 Å². The zero-order valence-electron chi connectivity index (χ0n) is 19.0. The number of para-hydroxylation sites is 1. The Morgan fingerprint density at radius 1 is 1.15 bits per heavy atom. The summed E-state index contributed by atoms with van der Waals surface area (Å²) in [6, 6.07) is 16.1. The molecule has 2 saturated heterocycles. The number of likely N-dealkylation sites (N-methyl/N-ethyl adjacent to an activating group) is 1. The average molecular weight is 467 g/mol. The molecular weight excluding hydrogens is 436 g/mol. The summed E-state index contributed by atoms with van der Waals surface area (Å²) in [6.45, 7) is 2.92. The summed E-state index contributed by atoms with van der Waals surface area (Å²) >= 11 is 6.16. The first kappa shape index (κ1) is 22.4. The van der Waals surface area contributed by atoms with Crippen LogP contribution in [-0.2, 0) is 22.6 Å². The van der Waals surface area contributed by atoms with Crippen molar-refractivity contribution in [1.82, 2.24) is 15.1 Å². The van der Waals surface area contributed by atoms with Crippen molar-refractivity contribution in [2.75, 3.05) is 31.6 Å². The van der Waals surface area contributed by atoms with Gasteiger partial charge in [0.15, 0.2) is 0 Å². The van der Waals surface area contributed by atoms with Crippen LogP contribution < -0.4 is 10.2 Å². The molecule has 0 spiro atoms. The molecule has 33 heavy (non-hydrogen) atoms. The molecule has 0 aromatic heterocycles. The third kappa shape index (κ3) is 4.52. The fourth-order valence-corrected chi connectivity index (χ4v) is 5.93. The number of hydrogen-bond acceptors (Lipinski definition) is 4. The second kappa shape index (κ2) is 9.45. The summed E-state index contributed by atoms with van der Waals surface area (Å²) in [5, 5.41) is 3.88. The van der Waals surface area contributed by atoms with E-state index in [9.17, 15) is 9.59 Å². The summed E-state index contributed by atoms with van der Waals surface area (Å²) in [5.74, 6) is 0.267. The van der Waals surface area contributed by atoms with Gasteiger partial charge < -0.3 is 10.2 Å². The minimum absolute atomic E-state index is 0.0914. The number of benzene rings is 2. The molecule has 2 fully saturated rings. The molecule has 6 nitrogen and oxygen atoms in total. The smallest absolute Gasteiger partial charge is 0.239 e. The van der Waals surface area contributed by atoms with Crippen molar-refractivity contribution >= 4 is 29.1 Å². The van der Waals surface area contributed by atoms with Gasteiger partial charge in [0, 0.05) is 55.4 Å². The molecule has 3 aliphatic rings. The SMILES string of the molecule is CN1[C@@H](CCC(=O)N2CCc3ccccc32)CNC(=O)[C@@H]2[C@H]1CCN2Cc1cccc(Cl)c1. The summed E-state index contributed by atoms with van der Waals surface area (Å²) < 4.78 is 0. The lowest BCUT2D eigenvalue weighted by Crippen LogP contribution is -2.49. The van der Waals surface area contributed by atoms with Gasteiger partial charge in [0.2, 0.25) is 11.8 Å². The highest BCUT2D eigenvalue weighted by Gasteiger charge is 2.45. The minimum atomic E-state index is -0.180. The van der Waals surface area contributed by atoms with Crippen LogP contribution in [0, 0.1) is 0 Å². The van der Waals surface area contributed by atoms with Gasteiger partial charge in [-0.05, 0) is 55.6 Å². The summed E-state index contributed by atoms with van der Waals surface area (Å²) in [5.41, 5.74) is 3.42. The maximum atomic E-state index is 13.1. The fraction of sp³-hybridized carbons (Fsp3) is 0.462. The lowest BCUT2D eigenvalue weighted by atomic mass is 10.0. The number of rotatable bonds is 5. The highest BCUT2D eigenvalue weighted by molar-refractivity contribution is 6.30. The molecule has 2 amide bonds. The van der Waals surface area contributed by atoms with Crippen molar-refractivity contribution in [3.05, 3.63) is 64.7 Å². The van der Waals surface area contributed by atoms with E-state index in [1.54, 1.807) is 0 Å². The van der Waals surface area contributed by atoms with Crippen LogP contribution in [0.4, 0.5) is 5.69 Å². The number of hydrogen-bond donors (Lipinski definition) is 1. The van der Waals surface area contributed by atoms with E-state index in [0.29, 0.717) is 19.5 Å². The molecule has 3 atom stereocenters. The molecule has 0 bridgehead atoms. The standard InChI is InChI=1S/C26H31ClN4O2/c1-29-21(9-10-24(32)31-14-11-19-6-2-3-8-22(19)31)16-28-26(33)25-23(29)12-13-30(25)17-18-5-4-7-20(27)15-18/h2-8,15,21,23,25H,9-14,16-17H2,1H3,(H,28,33)/t21-,23+,25-/m0/s1. The van der Waals surface area contributed by atoms with Crippen LogP contribution in [0.1, 0.15) is 30.4 Å². The highest BCUT2D eigenvalue weighted by Crippen LogP contribution is 2.31. The monoisotopic (exact) mass is 466 g/mol. The summed E-state index contributed by atoms with van der Waals surface area (Å²) in [4.78, 5) is 32.6. The van der Waals surface area contributed by atoms with Gasteiger partial charge in [-0.3, -0.25) is 19.4 Å². The van der Waals surface area contributed by atoms with E-state index in [2.05, 4.69) is 34.3 Å². The summed E-state index contributed by atoms with van der Waals surface area (Å²) in [6.07, 6.45) is 3.10. The van der Waals surface area contributed by atoms with E-state index in [4.69, 9.17) is 11.6 Å². The number of carbonyl (C=O) groups excluding carboxylic acids is 2. The minimum Gasteiger partial charge on any atom is -0.353 e. The first-order valence-corrected chi connectivity index (χ1v) is 12.3. The van der Waals surface area contributed by atoms with E-state index in [0.717, 1.165) is 48.6 Å². The Hall–Kier alpha value is -2.41. The highest BCUT2D eigenvalue weighted by atomic mass is 35.5. The molecular formula is C26H31ClN4O2. The van der Waals surface area contributed by atoms with Crippen LogP contribution in [0.25, 0.3) is 0 Å². The van der Waals surface area contributed by atoms with E-state index in [-0.39, 0.29) is 29.9 Å². The molecule has 7 heteroatoms. The summed E-state index contributed by atoms with van der Waals surface area (Å²) in [7, 11) is 2.11. The number of nitrogens with zero attached hydrogens (tertiary/aromatic N) is 3. The van der Waals surface area contributed by atoms with Crippen molar-refractivity contribution in [2.24, 2.45) is 0 Å². The quantitative estimate of drug-likeness (QED) is 0.735. The van der Waals surface area contributed by atoms with Gasteiger partial charge in [-0.15, -0.1) is 0 Å². The van der Waals surface area contributed by atoms with Crippen LogP contribution in [-0.4, -0.2) is 66.4 Å². The maximum Gasteiger partial charge on any atom is 0.239 e. The number of nitrogens with one attached hydrogen (secondary N) is 1. The first-order valence-electron chi connectivity index (χ1n) is 11.9. The van der Waals surface area contributed by atoms with Gasteiger partial charge in [0.05, 0.1) is 0 Å². The molecule has 3 heterocycles. The van der Waals surface area contributed by atoms with Crippen molar-refractivity contribution < 1.29 is 9.59 Å². The van der Waals surface area contributed by atoms with Gasteiger partial charge in [0.25, 0.3) is 0 Å². The normalized spacial score (nSPS) is 25.5. The van der Waals surface area contributed by atoms with Gasteiger partial charge in [0.1, 0.15) is 6.04 Å². The molecule has 0 unspecified atom stereocenters. The van der Waals surface area contributed by atoms with Crippen LogP contribution in [0.15, 0.2) is 48.5 Å². The largest absolute Gasteiger partial charge is 0.353 e. The Morgan fingerprint density at radius 3 is 2.85 bits per heavy atom. The Morgan fingerprint density at radius 2 is 2.00 bits per heavy atom. The van der Waals surface area contributed by atoms with E-state index in [1.165, 1.54) is 5.56 Å². The number of amides is 2. The zero-order chi connectivity index (χ0) is 22.9. The number of likely N-dealkylation sites (tertiary alicyclic amines) is 1. The Labute approximate surface area is 200 Å². The predicted molar refractivity (Wildman–Crippen MR) is 130 cm³/mol. The molecule has 3 aliphatic heterocycles. The van der Waals surface area contributed by atoms with E-state index < -0.39 is 0 Å². The van der Waals surface area contributed by atoms with Crippen molar-refractivity contribution in [1.29, 1.82) is 0 Å². The van der Waals surface area contributed by atoms with Crippen molar-refractivity contribution in [2.45, 2.75) is 50.4 Å². The molecule has 1 N–H and O–H groups in total. The molecule has 0 radical (unpaired) electrons. The van der Waals surface area contributed by atoms with E-state index in [1.807, 2.05) is 41.3 Å². The van der Waals surface area contributed by atoms with Gasteiger partial charge in [-0.1, -0.05) is 41.9 Å². The Bertz CT molecular complexity index is 1040. The molecule has 2 aromatic carbocycles.